The fraction of sp³-hybridized carbons (Fsp3) is 1.00. The number of rotatable bonds is 5. The van der Waals surface area contributed by atoms with Crippen LogP contribution in [0.3, 0.4) is 0 Å². The summed E-state index contributed by atoms with van der Waals surface area (Å²) in [6.07, 6.45) is 8.17. The molecule has 0 aromatic rings. The highest BCUT2D eigenvalue weighted by Crippen LogP contribution is 2.39. The van der Waals surface area contributed by atoms with Crippen molar-refractivity contribution in [1.29, 1.82) is 0 Å². The van der Waals surface area contributed by atoms with E-state index in [9.17, 15) is 8.42 Å². The molecule has 106 valence electrons. The van der Waals surface area contributed by atoms with Crippen LogP contribution >= 0.6 is 0 Å². The third-order valence-electron chi connectivity index (χ3n) is 4.48. The molecule has 2 rings (SSSR count). The van der Waals surface area contributed by atoms with E-state index in [0.29, 0.717) is 13.1 Å². The first kappa shape index (κ1) is 14.3. The second-order valence-corrected chi connectivity index (χ2v) is 7.89. The molecule has 2 saturated carbocycles. The fourth-order valence-electron chi connectivity index (χ4n) is 3.27. The van der Waals surface area contributed by atoms with Crippen molar-refractivity contribution in [2.24, 2.45) is 5.73 Å². The molecule has 0 spiro atoms. The van der Waals surface area contributed by atoms with Gasteiger partial charge in [-0.05, 0) is 25.7 Å². The smallest absolute Gasteiger partial charge is 0.217 e. The summed E-state index contributed by atoms with van der Waals surface area (Å²) in [5, 5.41) is -0.121. The number of hydrogen-bond donors (Lipinski definition) is 1. The molecule has 2 fully saturated rings. The average Bonchev–Trinajstić information content (AvgIpc) is 3.17. The summed E-state index contributed by atoms with van der Waals surface area (Å²) in [4.78, 5) is 0. The van der Waals surface area contributed by atoms with Crippen molar-refractivity contribution in [3.63, 3.8) is 0 Å². The van der Waals surface area contributed by atoms with Crippen molar-refractivity contribution in [2.75, 3.05) is 13.1 Å². The summed E-state index contributed by atoms with van der Waals surface area (Å²) >= 11 is 0. The van der Waals surface area contributed by atoms with Crippen molar-refractivity contribution in [3.05, 3.63) is 0 Å². The van der Waals surface area contributed by atoms with Gasteiger partial charge in [0.05, 0.1) is 5.25 Å². The molecule has 0 heterocycles. The highest BCUT2D eigenvalue weighted by Gasteiger charge is 2.47. The minimum atomic E-state index is -3.11. The summed E-state index contributed by atoms with van der Waals surface area (Å²) in [5.41, 5.74) is 5.70. The van der Waals surface area contributed by atoms with E-state index in [1.54, 1.807) is 4.31 Å². The van der Waals surface area contributed by atoms with E-state index in [1.165, 1.54) is 12.8 Å². The Morgan fingerprint density at radius 1 is 1.17 bits per heavy atom. The second-order valence-electron chi connectivity index (χ2n) is 5.75. The van der Waals surface area contributed by atoms with Gasteiger partial charge in [0.1, 0.15) is 0 Å². The standard InChI is InChI=1S/C13H26N2O2S/c1-2-15(18(16,17)12-7-8-12)13(11-14)9-5-3-4-6-10-13/h12H,2-11,14H2,1H3. The molecule has 0 aliphatic heterocycles. The molecule has 0 bridgehead atoms. The molecule has 2 N–H and O–H groups in total. The third kappa shape index (κ3) is 2.58. The molecule has 0 unspecified atom stereocenters. The number of hydrogen-bond acceptors (Lipinski definition) is 3. The maximum atomic E-state index is 12.6. The molecule has 18 heavy (non-hydrogen) atoms. The monoisotopic (exact) mass is 274 g/mol. The Labute approximate surface area is 111 Å². The van der Waals surface area contributed by atoms with Crippen LogP contribution in [0.15, 0.2) is 0 Å². The summed E-state index contributed by atoms with van der Waals surface area (Å²) in [6.45, 7) is 2.98. The van der Waals surface area contributed by atoms with E-state index < -0.39 is 10.0 Å². The quantitative estimate of drug-likeness (QED) is 0.778. The Hall–Kier alpha value is -0.130. The Kier molecular flexibility index (Phi) is 4.34. The van der Waals surface area contributed by atoms with E-state index in [0.717, 1.165) is 38.5 Å². The predicted octanol–water partition coefficient (Wildman–Crippen LogP) is 1.85. The van der Waals surface area contributed by atoms with Crippen LogP contribution in [0.25, 0.3) is 0 Å². The largest absolute Gasteiger partial charge is 0.329 e. The lowest BCUT2D eigenvalue weighted by Crippen LogP contribution is -2.56. The normalized spacial score (nSPS) is 25.1. The van der Waals surface area contributed by atoms with Crippen molar-refractivity contribution in [2.45, 2.75) is 69.1 Å². The second kappa shape index (κ2) is 5.47. The molecule has 2 aliphatic rings. The van der Waals surface area contributed by atoms with Gasteiger partial charge < -0.3 is 5.73 Å². The molecule has 5 heteroatoms. The van der Waals surface area contributed by atoms with Crippen LogP contribution < -0.4 is 5.73 Å². The van der Waals surface area contributed by atoms with E-state index >= 15 is 0 Å². The SMILES string of the molecule is CCN(C1(CN)CCCCCC1)S(=O)(=O)C1CC1. The van der Waals surface area contributed by atoms with Gasteiger partial charge in [-0.3, -0.25) is 0 Å². The van der Waals surface area contributed by atoms with Crippen molar-refractivity contribution < 1.29 is 8.42 Å². The summed E-state index contributed by atoms with van der Waals surface area (Å²) < 4.78 is 26.9. The van der Waals surface area contributed by atoms with Crippen molar-refractivity contribution in [1.82, 2.24) is 4.31 Å². The van der Waals surface area contributed by atoms with E-state index in [-0.39, 0.29) is 10.8 Å². The third-order valence-corrected chi connectivity index (χ3v) is 7.06. The molecule has 0 saturated heterocycles. The fourth-order valence-corrected chi connectivity index (χ4v) is 5.52. The van der Waals surface area contributed by atoms with Crippen LogP contribution in [-0.2, 0) is 10.0 Å². The summed E-state index contributed by atoms with van der Waals surface area (Å²) in [5.74, 6) is 0. The molecule has 0 aromatic heterocycles. The number of likely N-dealkylation sites (N-methyl/N-ethyl adjacent to an activating group) is 1. The molecule has 0 radical (unpaired) electrons. The zero-order chi connectivity index (χ0) is 13.2. The molecular weight excluding hydrogens is 248 g/mol. The Morgan fingerprint density at radius 2 is 1.72 bits per heavy atom. The van der Waals surface area contributed by atoms with Gasteiger partial charge in [0, 0.05) is 18.6 Å². The van der Waals surface area contributed by atoms with Gasteiger partial charge >= 0.3 is 0 Å². The minimum absolute atomic E-state index is 0.121. The lowest BCUT2D eigenvalue weighted by Gasteiger charge is -2.41. The van der Waals surface area contributed by atoms with E-state index in [1.807, 2.05) is 6.92 Å². The molecule has 0 atom stereocenters. The molecule has 0 aromatic carbocycles. The first-order valence-corrected chi connectivity index (χ1v) is 8.79. The summed E-state index contributed by atoms with van der Waals surface area (Å²) in [7, 11) is -3.11. The van der Waals surface area contributed by atoms with Gasteiger partial charge in [0.25, 0.3) is 0 Å². The maximum Gasteiger partial charge on any atom is 0.217 e. The Balaban J connectivity index is 2.27. The van der Waals surface area contributed by atoms with Gasteiger partial charge in [0.2, 0.25) is 10.0 Å². The van der Waals surface area contributed by atoms with Crippen LogP contribution in [0.4, 0.5) is 0 Å². The van der Waals surface area contributed by atoms with Gasteiger partial charge in [-0.1, -0.05) is 32.6 Å². The van der Waals surface area contributed by atoms with Crippen molar-refractivity contribution in [3.8, 4) is 0 Å². The molecule has 2 aliphatic carbocycles. The zero-order valence-corrected chi connectivity index (χ0v) is 12.2. The lowest BCUT2D eigenvalue weighted by atomic mass is 9.90. The number of nitrogens with zero attached hydrogens (tertiary/aromatic N) is 1. The van der Waals surface area contributed by atoms with Crippen molar-refractivity contribution >= 4 is 10.0 Å². The van der Waals surface area contributed by atoms with Gasteiger partial charge in [-0.25, -0.2) is 8.42 Å². The van der Waals surface area contributed by atoms with Crippen LogP contribution in [0.1, 0.15) is 58.3 Å². The first-order chi connectivity index (χ1) is 8.57. The highest BCUT2D eigenvalue weighted by molar-refractivity contribution is 7.90. The first-order valence-electron chi connectivity index (χ1n) is 7.28. The highest BCUT2D eigenvalue weighted by atomic mass is 32.2. The van der Waals surface area contributed by atoms with Crippen LogP contribution in [-0.4, -0.2) is 36.6 Å². The van der Waals surface area contributed by atoms with Crippen LogP contribution in [0.5, 0.6) is 0 Å². The molecular formula is C13H26N2O2S. The zero-order valence-electron chi connectivity index (χ0n) is 11.4. The minimum Gasteiger partial charge on any atom is -0.329 e. The predicted molar refractivity (Wildman–Crippen MR) is 73.8 cm³/mol. The number of nitrogens with two attached hydrogens (primary N) is 1. The Morgan fingerprint density at radius 3 is 2.11 bits per heavy atom. The van der Waals surface area contributed by atoms with E-state index in [4.69, 9.17) is 5.73 Å². The summed E-state index contributed by atoms with van der Waals surface area (Å²) in [6, 6.07) is 0. The van der Waals surface area contributed by atoms with Gasteiger partial charge in [-0.15, -0.1) is 0 Å². The maximum absolute atomic E-state index is 12.6. The Bertz CT molecular complexity index is 368. The molecule has 4 nitrogen and oxygen atoms in total. The van der Waals surface area contributed by atoms with Gasteiger partial charge in [0.15, 0.2) is 0 Å². The lowest BCUT2D eigenvalue weighted by molar-refractivity contribution is 0.173. The van der Waals surface area contributed by atoms with E-state index in [2.05, 4.69) is 0 Å². The number of sulfonamides is 1. The van der Waals surface area contributed by atoms with Crippen LogP contribution in [0, 0.1) is 0 Å². The van der Waals surface area contributed by atoms with Gasteiger partial charge in [-0.2, -0.15) is 4.31 Å². The topological polar surface area (TPSA) is 63.4 Å². The average molecular weight is 274 g/mol. The molecule has 0 amide bonds. The van der Waals surface area contributed by atoms with Crippen LogP contribution in [0.2, 0.25) is 0 Å².